The van der Waals surface area contributed by atoms with Crippen molar-refractivity contribution in [1.29, 1.82) is 0 Å². The lowest BCUT2D eigenvalue weighted by molar-refractivity contribution is -0.0969. The molecule has 0 saturated heterocycles. The van der Waals surface area contributed by atoms with Gasteiger partial charge in [0.15, 0.2) is 0 Å². The van der Waals surface area contributed by atoms with E-state index in [1.807, 2.05) is 13.0 Å². The van der Waals surface area contributed by atoms with E-state index >= 15 is 0 Å². The summed E-state index contributed by atoms with van der Waals surface area (Å²) in [6, 6.07) is 0. The van der Waals surface area contributed by atoms with Crippen molar-refractivity contribution >= 4 is 0 Å². The summed E-state index contributed by atoms with van der Waals surface area (Å²) in [5.41, 5.74) is 1.62. The molecular weight excluding hydrogens is 228 g/mol. The molecule has 0 spiro atoms. The van der Waals surface area contributed by atoms with Gasteiger partial charge in [-0.25, -0.2) is 0 Å². The van der Waals surface area contributed by atoms with Crippen LogP contribution in [0, 0.1) is 17.3 Å². The Balaban J connectivity index is 2.32. The Labute approximate surface area is 109 Å². The minimum absolute atomic E-state index is 0.0247. The van der Waals surface area contributed by atoms with E-state index in [4.69, 9.17) is 0 Å². The van der Waals surface area contributed by atoms with Gasteiger partial charge < -0.3 is 15.3 Å². The third-order valence-corrected chi connectivity index (χ3v) is 5.10. The van der Waals surface area contributed by atoms with Gasteiger partial charge >= 0.3 is 0 Å². The molecule has 0 heterocycles. The van der Waals surface area contributed by atoms with E-state index in [1.165, 1.54) is 0 Å². The number of hydrogen-bond acceptors (Lipinski definition) is 3. The summed E-state index contributed by atoms with van der Waals surface area (Å²) < 4.78 is 0. The zero-order chi connectivity index (χ0) is 13.5. The van der Waals surface area contributed by atoms with Gasteiger partial charge in [0.2, 0.25) is 0 Å². The van der Waals surface area contributed by atoms with Crippen molar-refractivity contribution in [2.45, 2.75) is 45.3 Å². The quantitative estimate of drug-likeness (QED) is 0.655. The molecule has 1 fully saturated rings. The van der Waals surface area contributed by atoms with Crippen LogP contribution >= 0.6 is 0 Å². The third kappa shape index (κ3) is 1.94. The second-order valence-corrected chi connectivity index (χ2v) is 6.14. The number of aliphatic hydroxyl groups excluding tert-OH is 3. The summed E-state index contributed by atoms with van der Waals surface area (Å²) in [5, 5.41) is 30.1. The molecule has 0 amide bonds. The maximum Gasteiger partial charge on any atom is 0.0677 e. The fourth-order valence-corrected chi connectivity index (χ4v) is 3.84. The van der Waals surface area contributed by atoms with Crippen LogP contribution < -0.4 is 0 Å². The van der Waals surface area contributed by atoms with Gasteiger partial charge in [0, 0.05) is 17.3 Å². The van der Waals surface area contributed by atoms with E-state index in [2.05, 4.69) is 13.5 Å². The molecule has 0 unspecified atom stereocenters. The summed E-state index contributed by atoms with van der Waals surface area (Å²) >= 11 is 0. The van der Waals surface area contributed by atoms with Crippen molar-refractivity contribution in [3.63, 3.8) is 0 Å². The molecule has 3 heteroatoms. The molecule has 2 rings (SSSR count). The molecule has 0 aliphatic heterocycles. The molecule has 0 aromatic rings. The first-order valence-corrected chi connectivity index (χ1v) is 6.73. The summed E-state index contributed by atoms with van der Waals surface area (Å²) in [7, 11) is 0. The highest BCUT2D eigenvalue weighted by Gasteiger charge is 2.51. The lowest BCUT2D eigenvalue weighted by atomic mass is 9.55. The summed E-state index contributed by atoms with van der Waals surface area (Å²) in [5.74, 6) is -0.0787. The molecule has 1 saturated carbocycles. The first-order chi connectivity index (χ1) is 8.41. The molecular formula is C15H24O3. The van der Waals surface area contributed by atoms with E-state index in [9.17, 15) is 15.3 Å². The van der Waals surface area contributed by atoms with Gasteiger partial charge in [-0.05, 0) is 31.8 Å². The Hall–Kier alpha value is -0.640. The van der Waals surface area contributed by atoms with Gasteiger partial charge in [0.25, 0.3) is 0 Å². The van der Waals surface area contributed by atoms with Crippen molar-refractivity contribution in [3.8, 4) is 0 Å². The smallest absolute Gasteiger partial charge is 0.0677 e. The van der Waals surface area contributed by atoms with Gasteiger partial charge in [-0.2, -0.15) is 0 Å². The van der Waals surface area contributed by atoms with Crippen LogP contribution in [0.25, 0.3) is 0 Å². The minimum atomic E-state index is -0.547. The zero-order valence-corrected chi connectivity index (χ0v) is 11.3. The molecule has 2 aliphatic rings. The van der Waals surface area contributed by atoms with Crippen LogP contribution in [0.3, 0.4) is 0 Å². The molecule has 3 nitrogen and oxygen atoms in total. The van der Waals surface area contributed by atoms with E-state index in [0.717, 1.165) is 18.4 Å². The molecule has 5 atom stereocenters. The van der Waals surface area contributed by atoms with Crippen LogP contribution in [0.4, 0.5) is 0 Å². The average Bonchev–Trinajstić information content (AvgIpc) is 2.33. The van der Waals surface area contributed by atoms with E-state index in [0.29, 0.717) is 12.0 Å². The Morgan fingerprint density at radius 2 is 2.17 bits per heavy atom. The van der Waals surface area contributed by atoms with Crippen molar-refractivity contribution in [1.82, 2.24) is 0 Å². The van der Waals surface area contributed by atoms with Crippen LogP contribution in [0.1, 0.15) is 33.1 Å². The van der Waals surface area contributed by atoms with Crippen LogP contribution in [0.5, 0.6) is 0 Å². The summed E-state index contributed by atoms with van der Waals surface area (Å²) in [6.45, 7) is 7.89. The first-order valence-electron chi connectivity index (χ1n) is 6.73. The molecule has 3 N–H and O–H groups in total. The lowest BCUT2D eigenvalue weighted by Crippen LogP contribution is -2.53. The van der Waals surface area contributed by atoms with Crippen LogP contribution in [0.15, 0.2) is 23.8 Å². The number of rotatable bonds is 2. The fourth-order valence-electron chi connectivity index (χ4n) is 3.84. The maximum atomic E-state index is 10.6. The standard InChI is InChI=1S/C15H24O3/c1-9-4-5-12(17)15(3)7-6-11(10(2)8-16)14(18)13(9)15/h4,11-14,16-18H,2,5-8H2,1,3H3/t11-,12+,13+,14-,15-/m0/s1. The second kappa shape index (κ2) is 4.80. The Morgan fingerprint density at radius 3 is 2.78 bits per heavy atom. The van der Waals surface area contributed by atoms with Gasteiger partial charge in [-0.3, -0.25) is 0 Å². The molecule has 0 aromatic heterocycles. The number of aliphatic hydroxyl groups is 3. The first kappa shape index (κ1) is 13.8. The minimum Gasteiger partial charge on any atom is -0.392 e. The monoisotopic (exact) mass is 252 g/mol. The Kier molecular flexibility index (Phi) is 3.67. The van der Waals surface area contributed by atoms with Crippen molar-refractivity contribution in [3.05, 3.63) is 23.8 Å². The van der Waals surface area contributed by atoms with Crippen LogP contribution in [-0.2, 0) is 0 Å². The molecule has 0 aromatic carbocycles. The third-order valence-electron chi connectivity index (χ3n) is 5.10. The van der Waals surface area contributed by atoms with Crippen molar-refractivity contribution < 1.29 is 15.3 Å². The SMILES string of the molecule is C=C(CO)[C@@H]1CC[C@@]2(C)[C@H](O)CC=C(C)[C@@H]2[C@H]1O. The fraction of sp³-hybridized carbons (Fsp3) is 0.733. The molecule has 2 aliphatic carbocycles. The van der Waals surface area contributed by atoms with Gasteiger partial charge in [0.1, 0.15) is 0 Å². The van der Waals surface area contributed by atoms with Crippen molar-refractivity contribution in [2.75, 3.05) is 6.61 Å². The van der Waals surface area contributed by atoms with Crippen LogP contribution in [0.2, 0.25) is 0 Å². The van der Waals surface area contributed by atoms with Crippen molar-refractivity contribution in [2.24, 2.45) is 17.3 Å². The highest BCUT2D eigenvalue weighted by atomic mass is 16.3. The predicted octanol–water partition coefficient (Wildman–Crippen LogP) is 1.64. The maximum absolute atomic E-state index is 10.6. The normalized spacial score (nSPS) is 44.2. The number of hydrogen-bond donors (Lipinski definition) is 3. The Morgan fingerprint density at radius 1 is 1.50 bits per heavy atom. The summed E-state index contributed by atoms with van der Waals surface area (Å²) in [6.07, 6.45) is 3.43. The lowest BCUT2D eigenvalue weighted by Gasteiger charge is -2.52. The summed E-state index contributed by atoms with van der Waals surface area (Å²) in [4.78, 5) is 0. The molecule has 0 radical (unpaired) electrons. The predicted molar refractivity (Wildman–Crippen MR) is 70.9 cm³/mol. The highest BCUT2D eigenvalue weighted by molar-refractivity contribution is 5.22. The van der Waals surface area contributed by atoms with E-state index in [1.54, 1.807) is 0 Å². The van der Waals surface area contributed by atoms with Gasteiger partial charge in [0.05, 0.1) is 18.8 Å². The molecule has 0 bridgehead atoms. The average molecular weight is 252 g/mol. The van der Waals surface area contributed by atoms with Gasteiger partial charge in [-0.1, -0.05) is 25.2 Å². The topological polar surface area (TPSA) is 60.7 Å². The highest BCUT2D eigenvalue weighted by Crippen LogP contribution is 2.53. The van der Waals surface area contributed by atoms with E-state index in [-0.39, 0.29) is 30.0 Å². The molecule has 18 heavy (non-hydrogen) atoms. The zero-order valence-electron chi connectivity index (χ0n) is 11.3. The Bertz CT molecular complexity index is 374. The second-order valence-electron chi connectivity index (χ2n) is 6.14. The largest absolute Gasteiger partial charge is 0.392 e. The van der Waals surface area contributed by atoms with Crippen LogP contribution in [-0.4, -0.2) is 34.1 Å². The van der Waals surface area contributed by atoms with E-state index < -0.39 is 6.10 Å². The number of fused-ring (bicyclic) bond motifs is 1. The molecule has 102 valence electrons. The van der Waals surface area contributed by atoms with Gasteiger partial charge in [-0.15, -0.1) is 0 Å².